The summed E-state index contributed by atoms with van der Waals surface area (Å²) in [7, 11) is 1.73. The zero-order valence-electron chi connectivity index (χ0n) is 15.5. The minimum Gasteiger partial charge on any atom is -0.381 e. The molecule has 1 aliphatic heterocycles. The van der Waals surface area contributed by atoms with Crippen LogP contribution in [0.1, 0.15) is 23.2 Å². The number of amides is 1. The third-order valence-corrected chi connectivity index (χ3v) is 4.10. The predicted octanol–water partition coefficient (Wildman–Crippen LogP) is 1.02. The average molecular weight is 362 g/mol. The van der Waals surface area contributed by atoms with Crippen molar-refractivity contribution in [2.75, 3.05) is 53.1 Å². The lowest BCUT2D eigenvalue weighted by Crippen LogP contribution is -2.42. The van der Waals surface area contributed by atoms with Crippen molar-refractivity contribution in [3.8, 4) is 0 Å². The van der Waals surface area contributed by atoms with Gasteiger partial charge in [-0.2, -0.15) is 0 Å². The Balaban J connectivity index is 1.47. The van der Waals surface area contributed by atoms with Crippen LogP contribution >= 0.6 is 0 Å². The molecule has 1 unspecified atom stereocenters. The van der Waals surface area contributed by atoms with Crippen molar-refractivity contribution < 1.29 is 14.3 Å². The summed E-state index contributed by atoms with van der Waals surface area (Å²) < 4.78 is 11.0. The van der Waals surface area contributed by atoms with Gasteiger partial charge in [0, 0.05) is 51.4 Å². The van der Waals surface area contributed by atoms with Gasteiger partial charge in [0.1, 0.15) is 0 Å². The minimum atomic E-state index is -0.0693. The van der Waals surface area contributed by atoms with E-state index in [0.29, 0.717) is 24.6 Å². The van der Waals surface area contributed by atoms with Gasteiger partial charge in [-0.15, -0.1) is 0 Å². The van der Waals surface area contributed by atoms with E-state index in [1.54, 1.807) is 19.2 Å². The van der Waals surface area contributed by atoms with E-state index in [1.807, 2.05) is 18.2 Å². The second-order valence-corrected chi connectivity index (χ2v) is 6.21. The molecule has 7 heteroatoms. The molecule has 3 N–H and O–H groups in total. The molecule has 1 aromatic rings. The number of rotatable bonds is 10. The van der Waals surface area contributed by atoms with Crippen LogP contribution in [0.25, 0.3) is 0 Å². The van der Waals surface area contributed by atoms with Gasteiger partial charge >= 0.3 is 0 Å². The summed E-state index contributed by atoms with van der Waals surface area (Å²) in [5, 5.41) is 9.29. The molecule has 0 aliphatic carbocycles. The summed E-state index contributed by atoms with van der Waals surface area (Å²) in [4.78, 5) is 16.1. The summed E-state index contributed by atoms with van der Waals surface area (Å²) in [6, 6.07) is 9.19. The number of ether oxygens (including phenoxy) is 2. The van der Waals surface area contributed by atoms with E-state index in [0.717, 1.165) is 51.8 Å². The number of nitrogens with zero attached hydrogens (tertiary/aromatic N) is 1. The highest BCUT2D eigenvalue weighted by Crippen LogP contribution is 2.12. The SMILES string of the molecule is CN=C(NCCCOCC1CCOC1)NCCNC(=O)c1ccccc1. The Labute approximate surface area is 155 Å². The van der Waals surface area contributed by atoms with Gasteiger partial charge in [-0.25, -0.2) is 0 Å². The zero-order valence-corrected chi connectivity index (χ0v) is 15.5. The second-order valence-electron chi connectivity index (χ2n) is 6.21. The molecule has 0 bridgehead atoms. The van der Waals surface area contributed by atoms with E-state index in [-0.39, 0.29) is 5.91 Å². The number of carbonyl (C=O) groups is 1. The molecule has 7 nitrogen and oxygen atoms in total. The van der Waals surface area contributed by atoms with Crippen LogP contribution in [0.5, 0.6) is 0 Å². The van der Waals surface area contributed by atoms with E-state index in [9.17, 15) is 4.79 Å². The van der Waals surface area contributed by atoms with E-state index < -0.39 is 0 Å². The van der Waals surface area contributed by atoms with Gasteiger partial charge in [0.2, 0.25) is 0 Å². The highest BCUT2D eigenvalue weighted by Gasteiger charge is 2.15. The molecular formula is C19H30N4O3. The second kappa shape index (κ2) is 12.3. The van der Waals surface area contributed by atoms with Crippen LogP contribution in [0.2, 0.25) is 0 Å². The van der Waals surface area contributed by atoms with E-state index >= 15 is 0 Å². The first kappa shape index (κ1) is 20.2. The minimum absolute atomic E-state index is 0.0693. The fraction of sp³-hybridized carbons (Fsp3) is 0.579. The van der Waals surface area contributed by atoms with Crippen molar-refractivity contribution in [2.24, 2.45) is 10.9 Å². The Morgan fingerprint density at radius 1 is 1.19 bits per heavy atom. The summed E-state index contributed by atoms with van der Waals surface area (Å²) in [5.74, 6) is 1.21. The van der Waals surface area contributed by atoms with Crippen molar-refractivity contribution in [3.63, 3.8) is 0 Å². The number of carbonyl (C=O) groups excluding carboxylic acids is 1. The Bertz CT molecular complexity index is 545. The maximum Gasteiger partial charge on any atom is 0.251 e. The quantitative estimate of drug-likeness (QED) is 0.329. The van der Waals surface area contributed by atoms with Crippen LogP contribution in [0.15, 0.2) is 35.3 Å². The summed E-state index contributed by atoms with van der Waals surface area (Å²) in [6.45, 7) is 5.13. The van der Waals surface area contributed by atoms with Crippen LogP contribution < -0.4 is 16.0 Å². The molecule has 0 radical (unpaired) electrons. The van der Waals surface area contributed by atoms with Crippen molar-refractivity contribution >= 4 is 11.9 Å². The Kier molecular flexibility index (Phi) is 9.53. The lowest BCUT2D eigenvalue weighted by molar-refractivity contribution is 0.0887. The third-order valence-electron chi connectivity index (χ3n) is 4.10. The van der Waals surface area contributed by atoms with Crippen LogP contribution in [-0.4, -0.2) is 65.0 Å². The molecule has 1 saturated heterocycles. The molecule has 1 amide bonds. The van der Waals surface area contributed by atoms with E-state index in [2.05, 4.69) is 20.9 Å². The first-order chi connectivity index (χ1) is 12.8. The van der Waals surface area contributed by atoms with E-state index in [1.165, 1.54) is 0 Å². The largest absolute Gasteiger partial charge is 0.381 e. The number of hydrogen-bond donors (Lipinski definition) is 3. The van der Waals surface area contributed by atoms with Gasteiger partial charge < -0.3 is 25.4 Å². The van der Waals surface area contributed by atoms with Gasteiger partial charge in [0.15, 0.2) is 5.96 Å². The van der Waals surface area contributed by atoms with Gasteiger partial charge in [-0.3, -0.25) is 9.79 Å². The Morgan fingerprint density at radius 2 is 1.96 bits per heavy atom. The molecule has 0 aromatic heterocycles. The van der Waals surface area contributed by atoms with Crippen LogP contribution in [0.4, 0.5) is 0 Å². The van der Waals surface area contributed by atoms with E-state index in [4.69, 9.17) is 9.47 Å². The summed E-state index contributed by atoms with van der Waals surface area (Å²) >= 11 is 0. The van der Waals surface area contributed by atoms with Crippen LogP contribution in [0, 0.1) is 5.92 Å². The molecule has 1 atom stereocenters. The Hall–Kier alpha value is -2.12. The van der Waals surface area contributed by atoms with Crippen molar-refractivity contribution in [2.45, 2.75) is 12.8 Å². The molecule has 0 saturated carbocycles. The van der Waals surface area contributed by atoms with Gasteiger partial charge in [0.05, 0.1) is 13.2 Å². The third kappa shape index (κ3) is 7.84. The molecule has 2 rings (SSSR count). The lowest BCUT2D eigenvalue weighted by atomic mass is 10.1. The number of aliphatic imine (C=N–C) groups is 1. The maximum absolute atomic E-state index is 11.9. The molecule has 26 heavy (non-hydrogen) atoms. The number of nitrogens with one attached hydrogen (secondary N) is 3. The maximum atomic E-state index is 11.9. The average Bonchev–Trinajstić information content (AvgIpc) is 3.20. The standard InChI is InChI=1S/C19H30N4O3/c1-20-19(22-9-5-12-25-14-16-8-13-26-15-16)23-11-10-21-18(24)17-6-3-2-4-7-17/h2-4,6-7,16H,5,8-15H2,1H3,(H,21,24)(H2,20,22,23). The molecule has 1 heterocycles. The smallest absolute Gasteiger partial charge is 0.251 e. The van der Waals surface area contributed by atoms with Crippen molar-refractivity contribution in [3.05, 3.63) is 35.9 Å². The van der Waals surface area contributed by atoms with Crippen molar-refractivity contribution in [1.29, 1.82) is 0 Å². The predicted molar refractivity (Wildman–Crippen MR) is 103 cm³/mol. The zero-order chi connectivity index (χ0) is 18.5. The summed E-state index contributed by atoms with van der Waals surface area (Å²) in [6.07, 6.45) is 2.02. The van der Waals surface area contributed by atoms with Gasteiger partial charge in [-0.1, -0.05) is 18.2 Å². The number of guanidine groups is 1. The monoisotopic (exact) mass is 362 g/mol. The number of hydrogen-bond acceptors (Lipinski definition) is 4. The fourth-order valence-electron chi connectivity index (χ4n) is 2.61. The van der Waals surface area contributed by atoms with Gasteiger partial charge in [-0.05, 0) is 25.0 Å². The fourth-order valence-corrected chi connectivity index (χ4v) is 2.61. The molecule has 0 spiro atoms. The molecule has 1 aliphatic rings. The topological polar surface area (TPSA) is 84.0 Å². The van der Waals surface area contributed by atoms with Crippen molar-refractivity contribution in [1.82, 2.24) is 16.0 Å². The normalized spacial score (nSPS) is 17.1. The highest BCUT2D eigenvalue weighted by atomic mass is 16.5. The lowest BCUT2D eigenvalue weighted by Gasteiger charge is -2.13. The first-order valence-corrected chi connectivity index (χ1v) is 9.23. The molecular weight excluding hydrogens is 332 g/mol. The van der Waals surface area contributed by atoms with Crippen LogP contribution in [-0.2, 0) is 9.47 Å². The Morgan fingerprint density at radius 3 is 2.69 bits per heavy atom. The van der Waals surface area contributed by atoms with Crippen LogP contribution in [0.3, 0.4) is 0 Å². The highest BCUT2D eigenvalue weighted by molar-refractivity contribution is 5.94. The molecule has 1 fully saturated rings. The molecule has 1 aromatic carbocycles. The van der Waals surface area contributed by atoms with Gasteiger partial charge in [0.25, 0.3) is 5.91 Å². The molecule has 144 valence electrons. The first-order valence-electron chi connectivity index (χ1n) is 9.23. The summed E-state index contributed by atoms with van der Waals surface area (Å²) in [5.41, 5.74) is 0.666. The number of benzene rings is 1.